The summed E-state index contributed by atoms with van der Waals surface area (Å²) in [6.07, 6.45) is 0. The van der Waals surface area contributed by atoms with Crippen LogP contribution in [0.1, 0.15) is 17.3 Å². The van der Waals surface area contributed by atoms with Crippen LogP contribution >= 0.6 is 43.2 Å². The Labute approximate surface area is 131 Å². The summed E-state index contributed by atoms with van der Waals surface area (Å²) in [5.41, 5.74) is 0.282. The first-order chi connectivity index (χ1) is 8.75. The van der Waals surface area contributed by atoms with E-state index in [1.54, 1.807) is 6.92 Å². The first-order valence-corrected chi connectivity index (χ1v) is 9.31. The van der Waals surface area contributed by atoms with Crippen LogP contribution in [0.5, 0.6) is 0 Å². The highest BCUT2D eigenvalue weighted by molar-refractivity contribution is 9.12. The van der Waals surface area contributed by atoms with Gasteiger partial charge in [-0.2, -0.15) is 0 Å². The fraction of sp³-hybridized carbons (Fsp3) is 0.400. The number of hydrogen-bond acceptors (Lipinski definition) is 6. The highest BCUT2D eigenvalue weighted by Gasteiger charge is 2.24. The van der Waals surface area contributed by atoms with E-state index < -0.39 is 33.1 Å². The maximum Gasteiger partial charge on any atom is 0.321 e. The summed E-state index contributed by atoms with van der Waals surface area (Å²) >= 11 is 7.66. The quantitative estimate of drug-likeness (QED) is 0.508. The maximum atomic E-state index is 11.9. The van der Waals surface area contributed by atoms with Gasteiger partial charge < -0.3 is 4.74 Å². The topological polar surface area (TPSA) is 77.5 Å². The number of Topliss-reactive ketones (excluding diaryl/α,β-unsaturated/α-hetero) is 1. The highest BCUT2D eigenvalue weighted by atomic mass is 79.9. The third-order valence-electron chi connectivity index (χ3n) is 1.95. The number of sulfone groups is 1. The second kappa shape index (κ2) is 6.96. The number of esters is 1. The lowest BCUT2D eigenvalue weighted by Gasteiger charge is -2.03. The molecule has 0 atom stereocenters. The molecule has 0 N–H and O–H groups in total. The van der Waals surface area contributed by atoms with Crippen molar-refractivity contribution >= 4 is 64.8 Å². The molecule has 0 aliphatic rings. The van der Waals surface area contributed by atoms with Crippen LogP contribution in [0.25, 0.3) is 0 Å². The number of rotatable bonds is 6. The Morgan fingerprint density at radius 3 is 2.42 bits per heavy atom. The lowest BCUT2D eigenvalue weighted by atomic mass is 10.2. The molecule has 0 aromatic carbocycles. The monoisotopic (exact) mass is 432 g/mol. The molecule has 0 fully saturated rings. The van der Waals surface area contributed by atoms with E-state index in [1.165, 1.54) is 17.4 Å². The smallest absolute Gasteiger partial charge is 0.321 e. The number of hydrogen-bond donors (Lipinski definition) is 0. The van der Waals surface area contributed by atoms with Gasteiger partial charge in [0, 0.05) is 5.56 Å². The van der Waals surface area contributed by atoms with E-state index in [2.05, 4.69) is 36.6 Å². The molecule has 0 bridgehead atoms. The molecule has 0 radical (unpaired) electrons. The average molecular weight is 434 g/mol. The molecular formula is C10H10Br2O5S2. The second-order valence-corrected chi connectivity index (χ2v) is 9.31. The summed E-state index contributed by atoms with van der Waals surface area (Å²) in [5, 5.41) is 0. The summed E-state index contributed by atoms with van der Waals surface area (Å²) in [5.74, 6) is -2.90. The van der Waals surface area contributed by atoms with Crippen LogP contribution in [0.15, 0.2) is 13.6 Å². The predicted molar refractivity (Wildman–Crippen MR) is 79.3 cm³/mol. The highest BCUT2D eigenvalue weighted by Crippen LogP contribution is 2.32. The summed E-state index contributed by atoms with van der Waals surface area (Å²) in [6, 6.07) is 1.54. The van der Waals surface area contributed by atoms with Gasteiger partial charge in [0.25, 0.3) is 0 Å². The van der Waals surface area contributed by atoms with Crippen molar-refractivity contribution in [2.24, 2.45) is 0 Å². The Morgan fingerprint density at radius 1 is 1.32 bits per heavy atom. The minimum Gasteiger partial charge on any atom is -0.465 e. The van der Waals surface area contributed by atoms with Crippen molar-refractivity contribution in [2.45, 2.75) is 6.92 Å². The van der Waals surface area contributed by atoms with Crippen molar-refractivity contribution in [3.05, 3.63) is 19.2 Å². The summed E-state index contributed by atoms with van der Waals surface area (Å²) < 4.78 is 29.2. The normalized spacial score (nSPS) is 11.3. The van der Waals surface area contributed by atoms with Crippen LogP contribution in [0.2, 0.25) is 0 Å². The second-order valence-electron chi connectivity index (χ2n) is 3.50. The molecule has 0 aliphatic heterocycles. The average Bonchev–Trinajstić information content (AvgIpc) is 2.56. The van der Waals surface area contributed by atoms with Gasteiger partial charge in [0.1, 0.15) is 11.5 Å². The van der Waals surface area contributed by atoms with Gasteiger partial charge >= 0.3 is 5.97 Å². The molecule has 19 heavy (non-hydrogen) atoms. The molecule has 0 spiro atoms. The minimum atomic E-state index is -3.81. The fourth-order valence-electron chi connectivity index (χ4n) is 1.24. The fourth-order valence-corrected chi connectivity index (χ4v) is 5.20. The number of ether oxygens (including phenoxy) is 1. The summed E-state index contributed by atoms with van der Waals surface area (Å²) in [4.78, 5) is 23.0. The molecular weight excluding hydrogens is 424 g/mol. The van der Waals surface area contributed by atoms with E-state index in [0.717, 1.165) is 0 Å². The third-order valence-corrected chi connectivity index (χ3v) is 5.67. The van der Waals surface area contributed by atoms with E-state index >= 15 is 0 Å². The summed E-state index contributed by atoms with van der Waals surface area (Å²) in [6.45, 7) is 1.68. The molecule has 0 saturated carbocycles. The molecule has 0 aliphatic carbocycles. The van der Waals surface area contributed by atoms with Gasteiger partial charge in [-0.15, -0.1) is 11.3 Å². The number of halogens is 2. The van der Waals surface area contributed by atoms with Crippen LogP contribution in [-0.4, -0.2) is 38.3 Å². The van der Waals surface area contributed by atoms with Crippen molar-refractivity contribution in [1.82, 2.24) is 0 Å². The van der Waals surface area contributed by atoms with Crippen molar-refractivity contribution in [2.75, 3.05) is 18.1 Å². The van der Waals surface area contributed by atoms with Gasteiger partial charge in [-0.05, 0) is 44.8 Å². The van der Waals surface area contributed by atoms with Crippen LogP contribution in [0.3, 0.4) is 0 Å². The van der Waals surface area contributed by atoms with Gasteiger partial charge in [0.05, 0.1) is 14.2 Å². The lowest BCUT2D eigenvalue weighted by molar-refractivity contribution is -0.139. The first kappa shape index (κ1) is 16.8. The van der Waals surface area contributed by atoms with Gasteiger partial charge in [-0.25, -0.2) is 8.42 Å². The molecule has 1 aromatic rings. The molecule has 5 nitrogen and oxygen atoms in total. The molecule has 9 heteroatoms. The van der Waals surface area contributed by atoms with E-state index in [1.807, 2.05) is 0 Å². The molecule has 1 heterocycles. The molecule has 0 amide bonds. The molecule has 0 unspecified atom stereocenters. The molecule has 106 valence electrons. The van der Waals surface area contributed by atoms with Gasteiger partial charge in [0.15, 0.2) is 15.6 Å². The van der Waals surface area contributed by atoms with E-state index in [4.69, 9.17) is 0 Å². The number of carbonyl (C=O) groups excluding carboxylic acids is 2. The Morgan fingerprint density at radius 2 is 1.95 bits per heavy atom. The largest absolute Gasteiger partial charge is 0.465 e. The molecule has 1 rings (SSSR count). The van der Waals surface area contributed by atoms with Crippen LogP contribution in [-0.2, 0) is 19.4 Å². The zero-order chi connectivity index (χ0) is 14.6. The van der Waals surface area contributed by atoms with Gasteiger partial charge in [-0.1, -0.05) is 0 Å². The van der Waals surface area contributed by atoms with E-state index in [0.29, 0.717) is 7.57 Å². The van der Waals surface area contributed by atoms with E-state index in [9.17, 15) is 18.0 Å². The zero-order valence-corrected chi connectivity index (χ0v) is 14.6. The van der Waals surface area contributed by atoms with Crippen LogP contribution in [0.4, 0.5) is 0 Å². The predicted octanol–water partition coefficient (Wildman–Crippen LogP) is 2.43. The zero-order valence-electron chi connectivity index (χ0n) is 9.81. The SMILES string of the molecule is CCOC(=O)CS(=O)(=O)CC(=O)c1cc(Br)sc1Br. The standard InChI is InChI=1S/C10H10Br2O5S2/c1-2-17-9(14)5-19(15,16)4-7(13)6-3-8(11)18-10(6)12/h3H,2,4-5H2,1H3. The lowest BCUT2D eigenvalue weighted by Crippen LogP contribution is -2.25. The molecule has 1 aromatic heterocycles. The van der Waals surface area contributed by atoms with E-state index in [-0.39, 0.29) is 12.2 Å². The third kappa shape index (κ3) is 5.33. The maximum absolute atomic E-state index is 11.9. The van der Waals surface area contributed by atoms with Crippen molar-refractivity contribution in [3.63, 3.8) is 0 Å². The Balaban J connectivity index is 2.76. The number of ketones is 1. The minimum absolute atomic E-state index is 0.103. The van der Waals surface area contributed by atoms with Gasteiger partial charge in [0.2, 0.25) is 0 Å². The Kier molecular flexibility index (Phi) is 6.15. The Bertz CT molecular complexity index is 591. The van der Waals surface area contributed by atoms with Crippen molar-refractivity contribution < 1.29 is 22.7 Å². The Hall–Kier alpha value is -0.250. The van der Waals surface area contributed by atoms with Crippen molar-refractivity contribution in [1.29, 1.82) is 0 Å². The number of thiophene rings is 1. The first-order valence-electron chi connectivity index (χ1n) is 5.09. The molecule has 0 saturated heterocycles. The number of carbonyl (C=O) groups is 2. The summed E-state index contributed by atoms with van der Waals surface area (Å²) in [7, 11) is -3.81. The van der Waals surface area contributed by atoms with Crippen LogP contribution < -0.4 is 0 Å². The van der Waals surface area contributed by atoms with Crippen molar-refractivity contribution in [3.8, 4) is 0 Å². The van der Waals surface area contributed by atoms with Crippen LogP contribution in [0, 0.1) is 0 Å². The van der Waals surface area contributed by atoms with Gasteiger partial charge in [-0.3, -0.25) is 9.59 Å².